The quantitative estimate of drug-likeness (QED) is 0.907. The minimum atomic E-state index is -0.371. The van der Waals surface area contributed by atoms with Gasteiger partial charge in [0.05, 0.1) is 0 Å². The van der Waals surface area contributed by atoms with Gasteiger partial charge in [0, 0.05) is 7.11 Å². The lowest BCUT2D eigenvalue weighted by atomic mass is 10.0. The summed E-state index contributed by atoms with van der Waals surface area (Å²) in [5.41, 5.74) is 1.52. The molecular weight excluding hydrogens is 268 g/mol. The molecule has 5 nitrogen and oxygen atoms in total. The van der Waals surface area contributed by atoms with Crippen molar-refractivity contribution in [2.24, 2.45) is 5.92 Å². The molecule has 0 aliphatic rings. The molecule has 1 aromatic carbocycles. The normalized spacial score (nSPS) is 12.6. The number of hydrogen-bond acceptors (Lipinski definition) is 4. The molecule has 1 atom stereocenters. The van der Waals surface area contributed by atoms with Gasteiger partial charge in [0.15, 0.2) is 0 Å². The highest BCUT2D eigenvalue weighted by Crippen LogP contribution is 2.27. The van der Waals surface area contributed by atoms with E-state index in [2.05, 4.69) is 9.97 Å². The second kappa shape index (κ2) is 6.10. The van der Waals surface area contributed by atoms with Gasteiger partial charge in [0.1, 0.15) is 17.5 Å². The number of benzene rings is 1. The van der Waals surface area contributed by atoms with Gasteiger partial charge in [-0.25, -0.2) is 0 Å². The maximum atomic E-state index is 12.3. The number of aromatic amines is 1. The van der Waals surface area contributed by atoms with Crippen LogP contribution in [0.5, 0.6) is 5.88 Å². The number of rotatable bonds is 4. The molecule has 0 bridgehead atoms. The smallest absolute Gasteiger partial charge is 0.262 e. The predicted octanol–water partition coefficient (Wildman–Crippen LogP) is 2.79. The monoisotopic (exact) mass is 288 g/mol. The summed E-state index contributed by atoms with van der Waals surface area (Å²) in [4.78, 5) is 19.1. The van der Waals surface area contributed by atoms with E-state index in [0.717, 1.165) is 5.56 Å². The van der Waals surface area contributed by atoms with Crippen LogP contribution >= 0.6 is 0 Å². The zero-order valence-corrected chi connectivity index (χ0v) is 12.7. The van der Waals surface area contributed by atoms with Crippen molar-refractivity contribution in [2.75, 3.05) is 7.11 Å². The molecule has 0 spiro atoms. The highest BCUT2D eigenvalue weighted by molar-refractivity contribution is 5.67. The molecule has 2 aromatic rings. The summed E-state index contributed by atoms with van der Waals surface area (Å²) < 4.78 is 5.33. The molecule has 2 rings (SSSR count). The summed E-state index contributed by atoms with van der Waals surface area (Å²) in [5.74, 6) is 0.189. The molecule has 0 saturated heterocycles. The summed E-state index contributed by atoms with van der Waals surface area (Å²) >= 11 is 0. The minimum Gasteiger partial charge on any atom is -0.493 e. The molecule has 0 radical (unpaired) electrons. The van der Waals surface area contributed by atoms with E-state index in [9.17, 15) is 9.90 Å². The fourth-order valence-corrected chi connectivity index (χ4v) is 2.29. The van der Waals surface area contributed by atoms with Gasteiger partial charge in [-0.15, -0.1) is 0 Å². The van der Waals surface area contributed by atoms with Gasteiger partial charge in [0.2, 0.25) is 5.88 Å². The van der Waals surface area contributed by atoms with Crippen LogP contribution in [0.15, 0.2) is 29.1 Å². The Labute approximate surface area is 123 Å². The largest absolute Gasteiger partial charge is 0.493 e. The summed E-state index contributed by atoms with van der Waals surface area (Å²) in [6.07, 6.45) is -0.365. The van der Waals surface area contributed by atoms with Crippen LogP contribution in [-0.4, -0.2) is 22.2 Å². The first-order valence-corrected chi connectivity index (χ1v) is 6.87. The van der Waals surface area contributed by atoms with Crippen LogP contribution in [0.4, 0.5) is 0 Å². The van der Waals surface area contributed by atoms with E-state index in [1.165, 1.54) is 0 Å². The predicted molar refractivity (Wildman–Crippen MR) is 81.3 cm³/mol. The molecule has 2 N–H and O–H groups in total. The number of aryl methyl sites for hydroxylation is 1. The Morgan fingerprint density at radius 3 is 2.33 bits per heavy atom. The van der Waals surface area contributed by atoms with Crippen molar-refractivity contribution < 1.29 is 9.84 Å². The molecule has 0 amide bonds. The van der Waals surface area contributed by atoms with E-state index in [4.69, 9.17) is 4.74 Å². The maximum Gasteiger partial charge on any atom is 0.262 e. The third-order valence-electron chi connectivity index (χ3n) is 3.39. The van der Waals surface area contributed by atoms with Crippen molar-refractivity contribution in [3.63, 3.8) is 0 Å². The summed E-state index contributed by atoms with van der Waals surface area (Å²) in [5, 5.41) is 10.1. The van der Waals surface area contributed by atoms with Crippen molar-refractivity contribution >= 4 is 0 Å². The lowest BCUT2D eigenvalue weighted by molar-refractivity contribution is 0.0568. The van der Waals surface area contributed by atoms with Crippen LogP contribution < -0.4 is 5.56 Å². The summed E-state index contributed by atoms with van der Waals surface area (Å²) in [6.45, 7) is 5.87. The van der Waals surface area contributed by atoms with Crippen LogP contribution in [0.25, 0.3) is 11.1 Å². The van der Waals surface area contributed by atoms with Crippen molar-refractivity contribution in [2.45, 2.75) is 26.9 Å². The van der Waals surface area contributed by atoms with Crippen molar-refractivity contribution in [1.82, 2.24) is 9.97 Å². The summed E-state index contributed by atoms with van der Waals surface area (Å²) in [6, 6.07) is 7.34. The zero-order valence-electron chi connectivity index (χ0n) is 12.7. The molecule has 0 aliphatic carbocycles. The van der Waals surface area contributed by atoms with Crippen LogP contribution in [-0.2, 0) is 4.74 Å². The lowest BCUT2D eigenvalue weighted by Gasteiger charge is -2.18. The van der Waals surface area contributed by atoms with Crippen LogP contribution in [0.3, 0.4) is 0 Å². The average Bonchev–Trinajstić information content (AvgIpc) is 2.40. The Kier molecular flexibility index (Phi) is 4.43. The first-order chi connectivity index (χ1) is 9.93. The molecule has 1 heterocycles. The Morgan fingerprint density at radius 2 is 1.86 bits per heavy atom. The van der Waals surface area contributed by atoms with Gasteiger partial charge in [-0.3, -0.25) is 4.79 Å². The van der Waals surface area contributed by atoms with Crippen molar-refractivity contribution in [3.05, 3.63) is 46.0 Å². The first kappa shape index (κ1) is 15.3. The number of nitrogens with zero attached hydrogens (tertiary/aromatic N) is 1. The number of methoxy groups -OCH3 is 1. The number of hydrogen-bond donors (Lipinski definition) is 2. The van der Waals surface area contributed by atoms with Gasteiger partial charge in [-0.2, -0.15) is 4.98 Å². The van der Waals surface area contributed by atoms with Crippen LogP contribution in [0.2, 0.25) is 0 Å². The summed E-state index contributed by atoms with van der Waals surface area (Å²) in [7, 11) is 1.55. The highest BCUT2D eigenvalue weighted by atomic mass is 16.5. The lowest BCUT2D eigenvalue weighted by Crippen LogP contribution is -2.20. The van der Waals surface area contributed by atoms with Crippen LogP contribution in [0, 0.1) is 12.8 Å². The Balaban J connectivity index is 2.52. The molecule has 0 aliphatic heterocycles. The van der Waals surface area contributed by atoms with E-state index in [1.54, 1.807) is 19.2 Å². The fourth-order valence-electron chi connectivity index (χ4n) is 2.29. The first-order valence-electron chi connectivity index (χ1n) is 6.87. The second-order valence-corrected chi connectivity index (χ2v) is 5.42. The standard InChI is InChI=1S/C16H20N2O3/c1-9(2)13(21-4)14-17-15(19)12(16(20)18-14)11-7-5-10(3)6-8-11/h5-9,13H,1-4H3,(H2,17,18,19,20). The number of aromatic hydroxyl groups is 1. The Morgan fingerprint density at radius 1 is 1.24 bits per heavy atom. The molecule has 0 saturated carbocycles. The van der Waals surface area contributed by atoms with E-state index in [0.29, 0.717) is 11.4 Å². The molecule has 1 aromatic heterocycles. The minimum absolute atomic E-state index is 0.128. The molecule has 1 unspecified atom stereocenters. The number of aromatic nitrogens is 2. The SMILES string of the molecule is COC(c1nc(O)c(-c2ccc(C)cc2)c(=O)[nH]1)C(C)C. The highest BCUT2D eigenvalue weighted by Gasteiger charge is 2.21. The van der Waals surface area contributed by atoms with E-state index in [-0.39, 0.29) is 29.0 Å². The zero-order chi connectivity index (χ0) is 15.6. The van der Waals surface area contributed by atoms with Gasteiger partial charge < -0.3 is 14.8 Å². The number of H-pyrrole nitrogens is 1. The topological polar surface area (TPSA) is 75.2 Å². The second-order valence-electron chi connectivity index (χ2n) is 5.42. The Hall–Kier alpha value is -2.14. The van der Waals surface area contributed by atoms with Gasteiger partial charge in [-0.1, -0.05) is 43.7 Å². The van der Waals surface area contributed by atoms with Gasteiger partial charge in [0.25, 0.3) is 5.56 Å². The van der Waals surface area contributed by atoms with Crippen molar-refractivity contribution in [3.8, 4) is 17.0 Å². The molecule has 0 fully saturated rings. The molecular formula is C16H20N2O3. The Bertz CT molecular complexity index is 675. The molecule has 112 valence electrons. The maximum absolute atomic E-state index is 12.3. The van der Waals surface area contributed by atoms with E-state index < -0.39 is 0 Å². The fraction of sp³-hybridized carbons (Fsp3) is 0.375. The third kappa shape index (κ3) is 3.13. The van der Waals surface area contributed by atoms with E-state index in [1.807, 2.05) is 32.9 Å². The van der Waals surface area contributed by atoms with Gasteiger partial charge in [-0.05, 0) is 18.4 Å². The van der Waals surface area contributed by atoms with E-state index >= 15 is 0 Å². The third-order valence-corrected chi connectivity index (χ3v) is 3.39. The van der Waals surface area contributed by atoms with Gasteiger partial charge >= 0.3 is 0 Å². The molecule has 21 heavy (non-hydrogen) atoms. The molecule has 5 heteroatoms. The average molecular weight is 288 g/mol. The number of nitrogens with one attached hydrogen (secondary N) is 1. The van der Waals surface area contributed by atoms with Crippen LogP contribution in [0.1, 0.15) is 31.3 Å². The van der Waals surface area contributed by atoms with Crippen molar-refractivity contribution in [1.29, 1.82) is 0 Å². The number of ether oxygens (including phenoxy) is 1.